The number of nitrogens with zero attached hydrogens (tertiary/aromatic N) is 2. The number of hydrogen-bond donors (Lipinski definition) is 1. The second kappa shape index (κ2) is 10.3. The highest BCUT2D eigenvalue weighted by Gasteiger charge is 2.31. The van der Waals surface area contributed by atoms with Crippen LogP contribution in [0.4, 0.5) is 4.39 Å². The predicted octanol–water partition coefficient (Wildman–Crippen LogP) is 2.95. The Kier molecular flexibility index (Phi) is 7.57. The molecule has 1 fully saturated rings. The molecule has 1 heterocycles. The molecule has 1 atom stereocenters. The molecule has 0 aromatic heterocycles. The maximum atomic E-state index is 14.2. The molecule has 2 aromatic carbocycles. The van der Waals surface area contributed by atoms with Gasteiger partial charge in [-0.05, 0) is 37.1 Å². The third-order valence-electron chi connectivity index (χ3n) is 5.51. The van der Waals surface area contributed by atoms with Crippen LogP contribution < -0.4 is 5.32 Å². The van der Waals surface area contributed by atoms with Gasteiger partial charge in [0.25, 0.3) is 0 Å². The Morgan fingerprint density at radius 1 is 1.17 bits per heavy atom. The molecule has 30 heavy (non-hydrogen) atoms. The van der Waals surface area contributed by atoms with Crippen molar-refractivity contribution in [2.45, 2.75) is 19.8 Å². The van der Waals surface area contributed by atoms with Crippen LogP contribution in [0.25, 0.3) is 11.1 Å². The van der Waals surface area contributed by atoms with Crippen LogP contribution in [0.5, 0.6) is 0 Å². The third-order valence-corrected chi connectivity index (χ3v) is 5.51. The molecule has 0 aliphatic carbocycles. The highest BCUT2D eigenvalue weighted by Crippen LogP contribution is 2.25. The summed E-state index contributed by atoms with van der Waals surface area (Å²) >= 11 is 0. The van der Waals surface area contributed by atoms with Crippen LogP contribution in [0.1, 0.15) is 18.9 Å². The SMILES string of the molecule is CCCN1CCN(C(=O)CNC)CC(Cc2cccc(-c3ccccc3F)c2)C1=O. The second-order valence-corrected chi connectivity index (χ2v) is 7.78. The Labute approximate surface area is 177 Å². The second-order valence-electron chi connectivity index (χ2n) is 7.78. The molecule has 5 nitrogen and oxygen atoms in total. The standard InChI is InChI=1S/C24H30FN3O2/c1-3-11-27-12-13-28(23(29)16-26-2)17-20(24(27)30)15-18-7-6-8-19(14-18)21-9-4-5-10-22(21)25/h4-10,14,20,26H,3,11-13,15-17H2,1-2H3. The van der Waals surface area contributed by atoms with Crippen molar-refractivity contribution in [3.63, 3.8) is 0 Å². The lowest BCUT2D eigenvalue weighted by Crippen LogP contribution is -2.41. The number of amides is 2. The average molecular weight is 412 g/mol. The molecular weight excluding hydrogens is 381 g/mol. The lowest BCUT2D eigenvalue weighted by molar-refractivity contribution is -0.134. The van der Waals surface area contributed by atoms with Crippen LogP contribution in [0.3, 0.4) is 0 Å². The minimum Gasteiger partial charge on any atom is -0.341 e. The monoisotopic (exact) mass is 411 g/mol. The van der Waals surface area contributed by atoms with E-state index in [1.54, 1.807) is 24.1 Å². The Bertz CT molecular complexity index is 886. The minimum absolute atomic E-state index is 0.00811. The van der Waals surface area contributed by atoms with Gasteiger partial charge >= 0.3 is 0 Å². The van der Waals surface area contributed by atoms with Crippen molar-refractivity contribution in [2.75, 3.05) is 39.8 Å². The molecule has 2 amide bonds. The van der Waals surface area contributed by atoms with E-state index in [0.717, 1.165) is 17.5 Å². The number of hydrogen-bond acceptors (Lipinski definition) is 3. The van der Waals surface area contributed by atoms with Crippen molar-refractivity contribution >= 4 is 11.8 Å². The van der Waals surface area contributed by atoms with Gasteiger partial charge in [-0.15, -0.1) is 0 Å². The summed E-state index contributed by atoms with van der Waals surface area (Å²) in [5.74, 6) is -0.476. The molecule has 1 N–H and O–H groups in total. The number of nitrogens with one attached hydrogen (secondary N) is 1. The highest BCUT2D eigenvalue weighted by atomic mass is 19.1. The first kappa shape index (κ1) is 22.0. The van der Waals surface area contributed by atoms with Gasteiger partial charge in [-0.25, -0.2) is 4.39 Å². The lowest BCUT2D eigenvalue weighted by Gasteiger charge is -2.24. The van der Waals surface area contributed by atoms with E-state index in [0.29, 0.717) is 38.2 Å². The Morgan fingerprint density at radius 3 is 2.70 bits per heavy atom. The van der Waals surface area contributed by atoms with Crippen LogP contribution in [0, 0.1) is 11.7 Å². The zero-order valence-corrected chi connectivity index (χ0v) is 17.7. The van der Waals surface area contributed by atoms with Crippen molar-refractivity contribution in [1.82, 2.24) is 15.1 Å². The predicted molar refractivity (Wildman–Crippen MR) is 116 cm³/mol. The number of likely N-dealkylation sites (N-methyl/N-ethyl adjacent to an activating group) is 1. The third kappa shape index (κ3) is 5.25. The topological polar surface area (TPSA) is 52.6 Å². The van der Waals surface area contributed by atoms with E-state index in [9.17, 15) is 14.0 Å². The molecule has 0 spiro atoms. The van der Waals surface area contributed by atoms with Crippen LogP contribution in [-0.2, 0) is 16.0 Å². The zero-order chi connectivity index (χ0) is 21.5. The molecule has 2 aromatic rings. The van der Waals surface area contributed by atoms with E-state index in [1.165, 1.54) is 6.07 Å². The smallest absolute Gasteiger partial charge is 0.236 e. The number of rotatable bonds is 7. The van der Waals surface area contributed by atoms with Crippen molar-refractivity contribution in [3.8, 4) is 11.1 Å². The van der Waals surface area contributed by atoms with E-state index >= 15 is 0 Å². The minimum atomic E-state index is -0.310. The van der Waals surface area contributed by atoms with E-state index in [1.807, 2.05) is 35.2 Å². The van der Waals surface area contributed by atoms with Crippen LogP contribution in [-0.4, -0.2) is 61.4 Å². The van der Waals surface area contributed by atoms with E-state index in [-0.39, 0.29) is 30.1 Å². The van der Waals surface area contributed by atoms with E-state index in [2.05, 4.69) is 12.2 Å². The van der Waals surface area contributed by atoms with Gasteiger partial charge in [0.05, 0.1) is 12.5 Å². The molecule has 6 heteroatoms. The molecule has 0 radical (unpaired) electrons. The molecule has 1 aliphatic rings. The summed E-state index contributed by atoms with van der Waals surface area (Å²) in [4.78, 5) is 29.3. The zero-order valence-electron chi connectivity index (χ0n) is 17.7. The summed E-state index contributed by atoms with van der Waals surface area (Å²) in [7, 11) is 1.75. The quantitative estimate of drug-likeness (QED) is 0.762. The summed E-state index contributed by atoms with van der Waals surface area (Å²) in [5.41, 5.74) is 2.30. The fraction of sp³-hybridized carbons (Fsp3) is 0.417. The largest absolute Gasteiger partial charge is 0.341 e. The maximum Gasteiger partial charge on any atom is 0.236 e. The summed E-state index contributed by atoms with van der Waals surface area (Å²) in [5, 5.41) is 2.90. The van der Waals surface area contributed by atoms with Gasteiger partial charge in [0.2, 0.25) is 11.8 Å². The van der Waals surface area contributed by atoms with Gasteiger partial charge in [-0.1, -0.05) is 49.4 Å². The number of halogens is 1. The molecule has 160 valence electrons. The average Bonchev–Trinajstić information content (AvgIpc) is 2.89. The lowest BCUT2D eigenvalue weighted by atomic mass is 9.94. The summed E-state index contributed by atoms with van der Waals surface area (Å²) in [6.07, 6.45) is 1.40. The summed E-state index contributed by atoms with van der Waals surface area (Å²) < 4.78 is 14.2. The van der Waals surface area contributed by atoms with Crippen molar-refractivity contribution in [2.24, 2.45) is 5.92 Å². The fourth-order valence-corrected chi connectivity index (χ4v) is 4.02. The molecule has 3 rings (SSSR count). The van der Waals surface area contributed by atoms with Gasteiger partial charge in [0, 0.05) is 31.7 Å². The highest BCUT2D eigenvalue weighted by molar-refractivity contribution is 5.83. The molecule has 0 bridgehead atoms. The first-order chi connectivity index (χ1) is 14.5. The van der Waals surface area contributed by atoms with Gasteiger partial charge in [0.15, 0.2) is 0 Å². The van der Waals surface area contributed by atoms with Crippen LogP contribution in [0.2, 0.25) is 0 Å². The van der Waals surface area contributed by atoms with Crippen molar-refractivity contribution < 1.29 is 14.0 Å². The molecular formula is C24H30FN3O2. The number of carbonyl (C=O) groups excluding carboxylic acids is 2. The Morgan fingerprint density at radius 2 is 1.97 bits per heavy atom. The number of benzene rings is 2. The maximum absolute atomic E-state index is 14.2. The summed E-state index contributed by atoms with van der Waals surface area (Å²) in [6.45, 7) is 4.53. The Balaban J connectivity index is 1.84. The molecule has 0 saturated carbocycles. The van der Waals surface area contributed by atoms with Crippen LogP contribution in [0.15, 0.2) is 48.5 Å². The van der Waals surface area contributed by atoms with Crippen molar-refractivity contribution in [1.29, 1.82) is 0 Å². The first-order valence-electron chi connectivity index (χ1n) is 10.6. The van der Waals surface area contributed by atoms with Gasteiger partial charge in [0.1, 0.15) is 5.82 Å². The van der Waals surface area contributed by atoms with E-state index in [4.69, 9.17) is 0 Å². The van der Waals surface area contributed by atoms with Crippen LogP contribution >= 0.6 is 0 Å². The molecule has 1 unspecified atom stereocenters. The van der Waals surface area contributed by atoms with E-state index < -0.39 is 0 Å². The summed E-state index contributed by atoms with van der Waals surface area (Å²) in [6, 6.07) is 14.4. The van der Waals surface area contributed by atoms with Crippen molar-refractivity contribution in [3.05, 3.63) is 59.9 Å². The first-order valence-corrected chi connectivity index (χ1v) is 10.6. The van der Waals surface area contributed by atoms with Gasteiger partial charge in [-0.3, -0.25) is 9.59 Å². The van der Waals surface area contributed by atoms with Gasteiger partial charge in [-0.2, -0.15) is 0 Å². The van der Waals surface area contributed by atoms with Gasteiger partial charge < -0.3 is 15.1 Å². The molecule has 1 saturated heterocycles. The number of carbonyl (C=O) groups is 2. The fourth-order valence-electron chi connectivity index (χ4n) is 4.02. The normalized spacial score (nSPS) is 17.2. The molecule has 1 aliphatic heterocycles. The Hall–Kier alpha value is -2.73.